The van der Waals surface area contributed by atoms with Crippen molar-refractivity contribution in [3.05, 3.63) is 0 Å². The second kappa shape index (κ2) is 7.60. The summed E-state index contributed by atoms with van der Waals surface area (Å²) in [6.45, 7) is 2.94. The number of hydrogen-bond donors (Lipinski definition) is 1. The van der Waals surface area contributed by atoms with Crippen molar-refractivity contribution in [2.45, 2.75) is 38.6 Å². The van der Waals surface area contributed by atoms with Crippen molar-refractivity contribution in [1.82, 2.24) is 5.32 Å². The molecule has 0 aliphatic heterocycles. The van der Waals surface area contributed by atoms with Gasteiger partial charge < -0.3 is 5.32 Å². The fraction of sp³-hybridized carbons (Fsp3) is 1.00. The predicted molar refractivity (Wildman–Crippen MR) is 77.0 cm³/mol. The molecular weight excluding hydrogens is 270 g/mol. The minimum absolute atomic E-state index is 0.0309. The van der Waals surface area contributed by atoms with Crippen molar-refractivity contribution in [3.63, 3.8) is 0 Å². The molecule has 1 N–H and O–H groups in total. The van der Waals surface area contributed by atoms with Crippen LogP contribution in [-0.4, -0.2) is 48.7 Å². The molecule has 1 aliphatic carbocycles. The van der Waals surface area contributed by atoms with Crippen LogP contribution < -0.4 is 5.32 Å². The molecule has 0 bridgehead atoms. The van der Waals surface area contributed by atoms with Crippen LogP contribution in [0, 0.1) is 5.92 Å². The quantitative estimate of drug-likeness (QED) is 0.724. The van der Waals surface area contributed by atoms with Crippen molar-refractivity contribution in [2.75, 3.05) is 30.1 Å². The second-order valence-electron chi connectivity index (χ2n) is 5.15. The van der Waals surface area contributed by atoms with E-state index in [9.17, 15) is 12.6 Å². The number of hydrogen-bond acceptors (Lipinski definition) is 4. The lowest BCUT2D eigenvalue weighted by atomic mass is 10.00. The minimum atomic E-state index is -3.00. The molecule has 0 amide bonds. The molecule has 0 spiro atoms. The smallest absolute Gasteiger partial charge is 0.148 e. The van der Waals surface area contributed by atoms with Gasteiger partial charge in [-0.3, -0.25) is 4.21 Å². The van der Waals surface area contributed by atoms with E-state index in [1.54, 1.807) is 0 Å². The molecule has 1 aliphatic rings. The maximum Gasteiger partial charge on any atom is 0.148 e. The summed E-state index contributed by atoms with van der Waals surface area (Å²) in [5.74, 6) is 1.51. The Hall–Kier alpha value is 0.0600. The van der Waals surface area contributed by atoms with Crippen molar-refractivity contribution in [3.8, 4) is 0 Å². The first-order chi connectivity index (χ1) is 8.42. The lowest BCUT2D eigenvalue weighted by Crippen LogP contribution is -2.40. The second-order valence-corrected chi connectivity index (χ2v) is 9.03. The van der Waals surface area contributed by atoms with Crippen molar-refractivity contribution in [1.29, 1.82) is 0 Å². The van der Waals surface area contributed by atoms with Crippen LogP contribution in [0.2, 0.25) is 0 Å². The molecule has 0 aromatic carbocycles. The largest absolute Gasteiger partial charge is 0.313 e. The maximum absolute atomic E-state index is 11.9. The van der Waals surface area contributed by atoms with Gasteiger partial charge in [-0.25, -0.2) is 8.42 Å². The van der Waals surface area contributed by atoms with Gasteiger partial charge in [-0.2, -0.15) is 0 Å². The van der Waals surface area contributed by atoms with Crippen molar-refractivity contribution < 1.29 is 12.6 Å². The molecule has 4 nitrogen and oxygen atoms in total. The monoisotopic (exact) mass is 295 g/mol. The van der Waals surface area contributed by atoms with Gasteiger partial charge in [0.05, 0.1) is 5.75 Å². The summed E-state index contributed by atoms with van der Waals surface area (Å²) in [6.07, 6.45) is 6.15. The lowest BCUT2D eigenvalue weighted by molar-refractivity contribution is 0.392. The fourth-order valence-corrected chi connectivity index (χ4v) is 5.42. The van der Waals surface area contributed by atoms with Gasteiger partial charge in [0.15, 0.2) is 0 Å². The fourth-order valence-electron chi connectivity index (χ4n) is 2.51. The lowest BCUT2D eigenvalue weighted by Gasteiger charge is -2.23. The molecule has 108 valence electrons. The topological polar surface area (TPSA) is 63.2 Å². The normalized spacial score (nSPS) is 21.0. The number of rotatable bonds is 8. The van der Waals surface area contributed by atoms with Crippen LogP contribution in [0.25, 0.3) is 0 Å². The molecule has 1 saturated carbocycles. The van der Waals surface area contributed by atoms with Gasteiger partial charge in [0, 0.05) is 34.6 Å². The Balaban J connectivity index is 2.42. The highest BCUT2D eigenvalue weighted by atomic mass is 32.2. The van der Waals surface area contributed by atoms with Crippen LogP contribution in [0.15, 0.2) is 0 Å². The van der Waals surface area contributed by atoms with Crippen LogP contribution in [0.5, 0.6) is 0 Å². The summed E-state index contributed by atoms with van der Waals surface area (Å²) in [5, 5.41) is 3.41. The molecular formula is C12H25NO3S2. The Morgan fingerprint density at radius 3 is 2.44 bits per heavy atom. The van der Waals surface area contributed by atoms with E-state index >= 15 is 0 Å². The van der Waals surface area contributed by atoms with Gasteiger partial charge in [-0.15, -0.1) is 0 Å². The van der Waals surface area contributed by atoms with Crippen molar-refractivity contribution >= 4 is 20.6 Å². The van der Waals surface area contributed by atoms with E-state index in [0.717, 1.165) is 6.54 Å². The van der Waals surface area contributed by atoms with E-state index in [0.29, 0.717) is 11.7 Å². The Morgan fingerprint density at radius 1 is 1.33 bits per heavy atom. The summed E-state index contributed by atoms with van der Waals surface area (Å²) in [5.41, 5.74) is 0. The zero-order valence-electron chi connectivity index (χ0n) is 11.4. The third-order valence-corrected chi connectivity index (χ3v) is 6.08. The highest BCUT2D eigenvalue weighted by Crippen LogP contribution is 2.28. The van der Waals surface area contributed by atoms with Crippen LogP contribution in [0.4, 0.5) is 0 Å². The third kappa shape index (κ3) is 6.29. The zero-order valence-corrected chi connectivity index (χ0v) is 13.0. The molecule has 18 heavy (non-hydrogen) atoms. The number of sulfone groups is 1. The third-order valence-electron chi connectivity index (χ3n) is 3.48. The summed E-state index contributed by atoms with van der Waals surface area (Å²) in [6, 6.07) is 0.290. The SMILES string of the molecule is CCNC(CS(=O)CCS(C)(=O)=O)C1CCCC1. The first-order valence-electron chi connectivity index (χ1n) is 6.68. The van der Waals surface area contributed by atoms with E-state index in [2.05, 4.69) is 12.2 Å². The molecule has 2 atom stereocenters. The van der Waals surface area contributed by atoms with Gasteiger partial charge in [-0.05, 0) is 25.3 Å². The van der Waals surface area contributed by atoms with E-state index < -0.39 is 20.6 Å². The molecule has 0 heterocycles. The van der Waals surface area contributed by atoms with Crippen LogP contribution in [0.1, 0.15) is 32.6 Å². The Bertz CT molecular complexity index is 362. The van der Waals surface area contributed by atoms with Gasteiger partial charge in [0.1, 0.15) is 9.84 Å². The van der Waals surface area contributed by atoms with Gasteiger partial charge in [-0.1, -0.05) is 19.8 Å². The van der Waals surface area contributed by atoms with Gasteiger partial charge in [0.25, 0.3) is 0 Å². The standard InChI is InChI=1S/C12H25NO3S2/c1-3-13-12(11-6-4-5-7-11)10-17(14)8-9-18(2,15)16/h11-13H,3-10H2,1-2H3. The summed E-state index contributed by atoms with van der Waals surface area (Å²) >= 11 is 0. The summed E-state index contributed by atoms with van der Waals surface area (Å²) in [4.78, 5) is 0. The molecule has 0 aromatic rings. The van der Waals surface area contributed by atoms with E-state index in [1.807, 2.05) is 0 Å². The first kappa shape index (κ1) is 16.1. The molecule has 0 radical (unpaired) electrons. The van der Waals surface area contributed by atoms with E-state index in [4.69, 9.17) is 0 Å². The van der Waals surface area contributed by atoms with Crippen LogP contribution >= 0.6 is 0 Å². The number of nitrogens with one attached hydrogen (secondary N) is 1. The highest BCUT2D eigenvalue weighted by molar-refractivity contribution is 7.92. The maximum atomic E-state index is 11.9. The average molecular weight is 295 g/mol. The van der Waals surface area contributed by atoms with Crippen molar-refractivity contribution in [2.24, 2.45) is 5.92 Å². The Kier molecular flexibility index (Phi) is 6.81. The minimum Gasteiger partial charge on any atom is -0.313 e. The molecule has 1 fully saturated rings. The predicted octanol–water partition coefficient (Wildman–Crippen LogP) is 0.948. The Morgan fingerprint density at radius 2 is 1.94 bits per heavy atom. The molecule has 1 rings (SSSR count). The Labute approximate surface area is 113 Å². The molecule has 2 unspecified atom stereocenters. The van der Waals surface area contributed by atoms with Crippen LogP contribution in [-0.2, 0) is 20.6 Å². The van der Waals surface area contributed by atoms with Gasteiger partial charge >= 0.3 is 0 Å². The highest BCUT2D eigenvalue weighted by Gasteiger charge is 2.25. The molecule has 6 heteroatoms. The van der Waals surface area contributed by atoms with E-state index in [1.165, 1.54) is 31.9 Å². The average Bonchev–Trinajstić information content (AvgIpc) is 2.78. The first-order valence-corrected chi connectivity index (χ1v) is 10.2. The van der Waals surface area contributed by atoms with Gasteiger partial charge in [0.2, 0.25) is 0 Å². The zero-order chi connectivity index (χ0) is 13.6. The summed E-state index contributed by atoms with van der Waals surface area (Å²) in [7, 11) is -4.04. The molecule has 0 aromatic heterocycles. The van der Waals surface area contributed by atoms with Crippen LogP contribution in [0.3, 0.4) is 0 Å². The molecule has 0 saturated heterocycles. The van der Waals surface area contributed by atoms with E-state index in [-0.39, 0.29) is 17.5 Å². The summed E-state index contributed by atoms with van der Waals surface area (Å²) < 4.78 is 34.0.